The molecule has 0 saturated heterocycles. The first-order valence-electron chi connectivity index (χ1n) is 11.0. The summed E-state index contributed by atoms with van der Waals surface area (Å²) in [7, 11) is -3.74. The van der Waals surface area contributed by atoms with Crippen LogP contribution >= 0.6 is 0 Å². The van der Waals surface area contributed by atoms with E-state index < -0.39 is 10.0 Å². The predicted octanol–water partition coefficient (Wildman–Crippen LogP) is 4.75. The summed E-state index contributed by atoms with van der Waals surface area (Å²) in [6, 6.07) is 11.8. The van der Waals surface area contributed by atoms with Crippen LogP contribution in [0.3, 0.4) is 0 Å². The normalized spacial score (nSPS) is 11.6. The van der Waals surface area contributed by atoms with Gasteiger partial charge in [0, 0.05) is 23.5 Å². The van der Waals surface area contributed by atoms with Gasteiger partial charge in [0.05, 0.1) is 22.7 Å². The van der Waals surface area contributed by atoms with E-state index in [1.54, 1.807) is 12.1 Å². The maximum atomic E-state index is 12.8. The quantitative estimate of drug-likeness (QED) is 0.499. The van der Waals surface area contributed by atoms with Crippen molar-refractivity contribution in [3.05, 3.63) is 70.5 Å². The van der Waals surface area contributed by atoms with Crippen LogP contribution in [0.2, 0.25) is 0 Å². The van der Waals surface area contributed by atoms with Crippen molar-refractivity contribution in [3.63, 3.8) is 0 Å². The van der Waals surface area contributed by atoms with Gasteiger partial charge in [-0.3, -0.25) is 14.2 Å². The van der Waals surface area contributed by atoms with Crippen molar-refractivity contribution >= 4 is 27.3 Å². The molecule has 1 heterocycles. The van der Waals surface area contributed by atoms with E-state index in [0.717, 1.165) is 34.6 Å². The Labute approximate surface area is 196 Å². The Morgan fingerprint density at radius 2 is 1.61 bits per heavy atom. The van der Waals surface area contributed by atoms with Crippen molar-refractivity contribution in [3.8, 4) is 0 Å². The second-order valence-electron chi connectivity index (χ2n) is 8.85. The number of anilines is 2. The van der Waals surface area contributed by atoms with Crippen LogP contribution in [0.15, 0.2) is 47.4 Å². The Hall–Kier alpha value is -3.13. The fourth-order valence-corrected chi connectivity index (χ4v) is 4.97. The van der Waals surface area contributed by atoms with Crippen molar-refractivity contribution in [2.45, 2.75) is 59.4 Å². The number of benzene rings is 2. The highest BCUT2D eigenvalue weighted by Gasteiger charge is 2.18. The Balaban J connectivity index is 1.70. The van der Waals surface area contributed by atoms with Crippen molar-refractivity contribution in [2.24, 2.45) is 5.92 Å². The molecule has 33 heavy (non-hydrogen) atoms. The zero-order valence-corrected chi connectivity index (χ0v) is 20.9. The molecule has 0 unspecified atom stereocenters. The van der Waals surface area contributed by atoms with Gasteiger partial charge in [-0.05, 0) is 69.0 Å². The minimum Gasteiger partial charge on any atom is -0.326 e. The van der Waals surface area contributed by atoms with E-state index in [0.29, 0.717) is 17.3 Å². The molecule has 2 aromatic carbocycles. The van der Waals surface area contributed by atoms with E-state index >= 15 is 0 Å². The summed E-state index contributed by atoms with van der Waals surface area (Å²) in [5, 5.41) is 7.41. The second-order valence-corrected chi connectivity index (χ2v) is 10.5. The van der Waals surface area contributed by atoms with Gasteiger partial charge in [-0.1, -0.05) is 32.0 Å². The number of amides is 1. The molecule has 0 bridgehead atoms. The number of nitrogens with one attached hydrogen (secondary N) is 2. The summed E-state index contributed by atoms with van der Waals surface area (Å²) < 4.78 is 30.3. The largest absolute Gasteiger partial charge is 0.326 e. The van der Waals surface area contributed by atoms with Crippen LogP contribution in [0.25, 0.3) is 0 Å². The van der Waals surface area contributed by atoms with Crippen molar-refractivity contribution < 1.29 is 13.2 Å². The van der Waals surface area contributed by atoms with Gasteiger partial charge in [-0.2, -0.15) is 5.10 Å². The van der Waals surface area contributed by atoms with Gasteiger partial charge >= 0.3 is 0 Å². The van der Waals surface area contributed by atoms with Gasteiger partial charge in [-0.15, -0.1) is 0 Å². The van der Waals surface area contributed by atoms with E-state index in [2.05, 4.69) is 29.0 Å². The summed E-state index contributed by atoms with van der Waals surface area (Å²) in [5.41, 5.74) is 5.59. The SMILES string of the molecule is Cc1cccc(C)c1NS(=O)(=O)c1ccc(NC(=O)Cc2c(C)nn(CC(C)C)c2C)cc1. The number of hydrogen-bond donors (Lipinski definition) is 2. The van der Waals surface area contributed by atoms with E-state index in [9.17, 15) is 13.2 Å². The molecule has 8 heteroatoms. The average Bonchev–Trinajstić information content (AvgIpc) is 2.98. The lowest BCUT2D eigenvalue weighted by atomic mass is 10.1. The van der Waals surface area contributed by atoms with Crippen molar-refractivity contribution in [1.29, 1.82) is 0 Å². The molecular weight excluding hydrogens is 436 g/mol. The third kappa shape index (κ3) is 5.82. The van der Waals surface area contributed by atoms with Crippen molar-refractivity contribution in [1.82, 2.24) is 9.78 Å². The number of aromatic nitrogens is 2. The first kappa shape index (κ1) is 24.5. The predicted molar refractivity (Wildman–Crippen MR) is 132 cm³/mol. The molecule has 0 fully saturated rings. The maximum Gasteiger partial charge on any atom is 0.261 e. The Bertz CT molecular complexity index is 1240. The molecule has 0 aliphatic carbocycles. The van der Waals surface area contributed by atoms with Crippen LogP contribution < -0.4 is 10.0 Å². The number of rotatable bonds is 8. The fraction of sp³-hybridized carbons (Fsp3) is 0.360. The molecule has 3 aromatic rings. The molecule has 0 atom stereocenters. The lowest BCUT2D eigenvalue weighted by Crippen LogP contribution is -2.17. The molecule has 0 saturated carbocycles. The lowest BCUT2D eigenvalue weighted by Gasteiger charge is -2.13. The summed E-state index contributed by atoms with van der Waals surface area (Å²) in [4.78, 5) is 12.8. The van der Waals surface area contributed by atoms with Crippen LogP contribution in [0.1, 0.15) is 41.9 Å². The second kappa shape index (κ2) is 9.79. The molecule has 176 valence electrons. The molecular formula is C25H32N4O3S. The molecule has 3 rings (SSSR count). The number of carbonyl (C=O) groups excluding carboxylic acids is 1. The van der Waals surface area contributed by atoms with Crippen LogP contribution in [0.5, 0.6) is 0 Å². The van der Waals surface area contributed by atoms with Crippen molar-refractivity contribution in [2.75, 3.05) is 10.0 Å². The lowest BCUT2D eigenvalue weighted by molar-refractivity contribution is -0.115. The van der Waals surface area contributed by atoms with Crippen LogP contribution in [0.4, 0.5) is 11.4 Å². The topological polar surface area (TPSA) is 93.1 Å². The van der Waals surface area contributed by atoms with E-state index in [1.165, 1.54) is 12.1 Å². The highest BCUT2D eigenvalue weighted by Crippen LogP contribution is 2.24. The Morgan fingerprint density at radius 3 is 2.18 bits per heavy atom. The summed E-state index contributed by atoms with van der Waals surface area (Å²) in [6.45, 7) is 12.7. The monoisotopic (exact) mass is 468 g/mol. The molecule has 0 spiro atoms. The van der Waals surface area contributed by atoms with Crippen LogP contribution in [-0.4, -0.2) is 24.1 Å². The standard InChI is InChI=1S/C25H32N4O3S/c1-16(2)15-29-20(6)23(19(5)27-29)14-24(30)26-21-10-12-22(13-11-21)33(31,32)28-25-17(3)8-7-9-18(25)4/h7-13,16,28H,14-15H2,1-6H3,(H,26,30). The third-order valence-corrected chi connectivity index (χ3v) is 6.94. The molecule has 0 radical (unpaired) electrons. The van der Waals surface area contributed by atoms with Crippen LogP contribution in [-0.2, 0) is 27.8 Å². The summed E-state index contributed by atoms with van der Waals surface area (Å²) in [6.07, 6.45) is 0.212. The number of aryl methyl sites for hydroxylation is 3. The highest BCUT2D eigenvalue weighted by atomic mass is 32.2. The highest BCUT2D eigenvalue weighted by molar-refractivity contribution is 7.92. The number of hydrogen-bond acceptors (Lipinski definition) is 4. The average molecular weight is 469 g/mol. The maximum absolute atomic E-state index is 12.8. The van der Waals surface area contributed by atoms with E-state index in [-0.39, 0.29) is 17.2 Å². The Morgan fingerprint density at radius 1 is 1.00 bits per heavy atom. The van der Waals surface area contributed by atoms with Gasteiger partial charge in [0.25, 0.3) is 10.0 Å². The van der Waals surface area contributed by atoms with E-state index in [1.807, 2.05) is 50.6 Å². The molecule has 0 aliphatic heterocycles. The Kier molecular flexibility index (Phi) is 7.27. The number of nitrogens with zero attached hydrogens (tertiary/aromatic N) is 2. The minimum atomic E-state index is -3.74. The molecule has 1 amide bonds. The smallest absolute Gasteiger partial charge is 0.261 e. The molecule has 7 nitrogen and oxygen atoms in total. The molecule has 1 aromatic heterocycles. The van der Waals surface area contributed by atoms with Gasteiger partial charge < -0.3 is 5.32 Å². The molecule has 2 N–H and O–H groups in total. The van der Waals surface area contributed by atoms with Gasteiger partial charge in [0.2, 0.25) is 5.91 Å². The first-order chi connectivity index (χ1) is 15.5. The van der Waals surface area contributed by atoms with Gasteiger partial charge in [-0.25, -0.2) is 8.42 Å². The van der Waals surface area contributed by atoms with Crippen LogP contribution in [0, 0.1) is 33.6 Å². The zero-order chi connectivity index (χ0) is 24.3. The minimum absolute atomic E-state index is 0.129. The first-order valence-corrected chi connectivity index (χ1v) is 12.5. The summed E-state index contributed by atoms with van der Waals surface area (Å²) in [5.74, 6) is 0.290. The number of sulfonamides is 1. The number of carbonyl (C=O) groups is 1. The summed E-state index contributed by atoms with van der Waals surface area (Å²) >= 11 is 0. The number of para-hydroxylation sites is 1. The van der Waals surface area contributed by atoms with E-state index in [4.69, 9.17) is 0 Å². The fourth-order valence-electron chi connectivity index (χ4n) is 3.77. The third-order valence-electron chi connectivity index (χ3n) is 5.57. The molecule has 0 aliphatic rings. The zero-order valence-electron chi connectivity index (χ0n) is 20.1. The van der Waals surface area contributed by atoms with Gasteiger partial charge in [0.15, 0.2) is 0 Å². The van der Waals surface area contributed by atoms with Gasteiger partial charge in [0.1, 0.15) is 0 Å².